The van der Waals surface area contributed by atoms with Gasteiger partial charge >= 0.3 is 6.09 Å². The standard InChI is InChI=1S/C7H11NO3/c8-7(10)11-6-3-1-2-5(9)4-6/h6H,1-4H2,(H2,8,10)/t6-/m0/s1. The first-order chi connectivity index (χ1) is 5.18. The van der Waals surface area contributed by atoms with E-state index in [-0.39, 0.29) is 11.9 Å². The van der Waals surface area contributed by atoms with Crippen molar-refractivity contribution < 1.29 is 14.3 Å². The Morgan fingerprint density at radius 1 is 1.64 bits per heavy atom. The minimum absolute atomic E-state index is 0.155. The summed E-state index contributed by atoms with van der Waals surface area (Å²) in [5, 5.41) is 0. The Kier molecular flexibility index (Phi) is 2.46. The van der Waals surface area contributed by atoms with Crippen molar-refractivity contribution in [2.45, 2.75) is 31.8 Å². The van der Waals surface area contributed by atoms with Crippen LogP contribution in [0.5, 0.6) is 0 Å². The molecule has 62 valence electrons. The van der Waals surface area contributed by atoms with Crippen molar-refractivity contribution in [3.05, 3.63) is 0 Å². The molecular formula is C7H11NO3. The van der Waals surface area contributed by atoms with Crippen molar-refractivity contribution in [2.75, 3.05) is 0 Å². The third kappa shape index (κ3) is 2.57. The van der Waals surface area contributed by atoms with Gasteiger partial charge in [-0.1, -0.05) is 0 Å². The van der Waals surface area contributed by atoms with Crippen molar-refractivity contribution in [3.63, 3.8) is 0 Å². The quantitative estimate of drug-likeness (QED) is 0.605. The molecular weight excluding hydrogens is 146 g/mol. The Morgan fingerprint density at radius 3 is 2.91 bits per heavy atom. The van der Waals surface area contributed by atoms with E-state index in [1.807, 2.05) is 0 Å². The van der Waals surface area contributed by atoms with Crippen LogP contribution in [0.25, 0.3) is 0 Å². The summed E-state index contributed by atoms with van der Waals surface area (Å²) in [4.78, 5) is 21.1. The number of amides is 1. The van der Waals surface area contributed by atoms with Crippen LogP contribution in [-0.2, 0) is 9.53 Å². The molecule has 1 aliphatic rings. The predicted octanol–water partition coefficient (Wildman–Crippen LogP) is 0.593. The second kappa shape index (κ2) is 3.37. The van der Waals surface area contributed by atoms with Crippen LogP contribution in [0.15, 0.2) is 0 Å². The molecule has 0 spiro atoms. The second-order valence-electron chi connectivity index (χ2n) is 2.69. The lowest BCUT2D eigenvalue weighted by molar-refractivity contribution is -0.122. The average molecular weight is 157 g/mol. The number of rotatable bonds is 1. The van der Waals surface area contributed by atoms with Gasteiger partial charge in [0.2, 0.25) is 0 Å². The highest BCUT2D eigenvalue weighted by molar-refractivity contribution is 5.80. The number of ether oxygens (including phenoxy) is 1. The maximum atomic E-state index is 10.8. The highest BCUT2D eigenvalue weighted by atomic mass is 16.6. The third-order valence-electron chi connectivity index (χ3n) is 1.72. The number of nitrogens with two attached hydrogens (primary N) is 1. The van der Waals surface area contributed by atoms with Gasteiger partial charge in [-0.05, 0) is 12.8 Å². The molecule has 1 amide bonds. The van der Waals surface area contributed by atoms with E-state index in [1.165, 1.54) is 0 Å². The van der Waals surface area contributed by atoms with Crippen molar-refractivity contribution in [2.24, 2.45) is 5.73 Å². The summed E-state index contributed by atoms with van der Waals surface area (Å²) in [5.41, 5.74) is 4.80. The monoisotopic (exact) mass is 157 g/mol. The van der Waals surface area contributed by atoms with Gasteiger partial charge < -0.3 is 10.5 Å². The van der Waals surface area contributed by atoms with Gasteiger partial charge in [-0.25, -0.2) is 4.79 Å². The molecule has 0 saturated heterocycles. The van der Waals surface area contributed by atoms with Gasteiger partial charge in [-0.2, -0.15) is 0 Å². The van der Waals surface area contributed by atoms with E-state index in [1.54, 1.807) is 0 Å². The lowest BCUT2D eigenvalue weighted by atomic mass is 9.97. The van der Waals surface area contributed by atoms with Gasteiger partial charge in [-0.15, -0.1) is 0 Å². The number of hydrogen-bond acceptors (Lipinski definition) is 3. The molecule has 0 radical (unpaired) electrons. The Morgan fingerprint density at radius 2 is 2.36 bits per heavy atom. The van der Waals surface area contributed by atoms with Gasteiger partial charge in [0.25, 0.3) is 0 Å². The Balaban J connectivity index is 2.34. The molecule has 1 aliphatic carbocycles. The zero-order valence-electron chi connectivity index (χ0n) is 6.21. The predicted molar refractivity (Wildman–Crippen MR) is 37.9 cm³/mol. The van der Waals surface area contributed by atoms with Crippen LogP contribution in [0.4, 0.5) is 4.79 Å². The van der Waals surface area contributed by atoms with Crippen molar-refractivity contribution >= 4 is 11.9 Å². The normalized spacial score (nSPS) is 24.7. The molecule has 11 heavy (non-hydrogen) atoms. The summed E-state index contributed by atoms with van der Waals surface area (Å²) in [6, 6.07) is 0. The highest BCUT2D eigenvalue weighted by Gasteiger charge is 2.21. The van der Waals surface area contributed by atoms with Crippen LogP contribution in [0.1, 0.15) is 25.7 Å². The van der Waals surface area contributed by atoms with E-state index < -0.39 is 6.09 Å². The molecule has 0 aromatic carbocycles. The van der Waals surface area contributed by atoms with Crippen LogP contribution in [0.2, 0.25) is 0 Å². The van der Waals surface area contributed by atoms with Crippen LogP contribution in [-0.4, -0.2) is 18.0 Å². The van der Waals surface area contributed by atoms with Crippen LogP contribution in [0, 0.1) is 0 Å². The zero-order valence-corrected chi connectivity index (χ0v) is 6.21. The summed E-state index contributed by atoms with van der Waals surface area (Å²) in [7, 11) is 0. The average Bonchev–Trinajstić information content (AvgIpc) is 1.85. The number of ketones is 1. The van der Waals surface area contributed by atoms with Crippen LogP contribution in [0.3, 0.4) is 0 Å². The molecule has 0 heterocycles. The topological polar surface area (TPSA) is 69.4 Å². The number of primary amides is 1. The first-order valence-electron chi connectivity index (χ1n) is 3.66. The smallest absolute Gasteiger partial charge is 0.404 e. The van der Waals surface area contributed by atoms with Gasteiger partial charge in [0, 0.05) is 12.8 Å². The van der Waals surface area contributed by atoms with Crippen molar-refractivity contribution in [1.29, 1.82) is 0 Å². The zero-order chi connectivity index (χ0) is 8.27. The number of carbonyl (C=O) groups is 2. The highest BCUT2D eigenvalue weighted by Crippen LogP contribution is 2.17. The van der Waals surface area contributed by atoms with Gasteiger partial charge in [0.05, 0.1) is 0 Å². The molecule has 0 aromatic rings. The molecule has 0 unspecified atom stereocenters. The van der Waals surface area contributed by atoms with Crippen molar-refractivity contribution in [1.82, 2.24) is 0 Å². The van der Waals surface area contributed by atoms with Gasteiger partial charge in [-0.3, -0.25) is 4.79 Å². The minimum atomic E-state index is -0.787. The summed E-state index contributed by atoms with van der Waals surface area (Å²) in [5.74, 6) is 0.155. The fourth-order valence-corrected chi connectivity index (χ4v) is 1.25. The molecule has 0 aliphatic heterocycles. The summed E-state index contributed by atoms with van der Waals surface area (Å²) in [6.07, 6.45) is 1.45. The Bertz CT molecular complexity index is 177. The number of carbonyl (C=O) groups excluding carboxylic acids is 2. The maximum absolute atomic E-state index is 10.8. The maximum Gasteiger partial charge on any atom is 0.404 e. The molecule has 4 nitrogen and oxygen atoms in total. The molecule has 0 bridgehead atoms. The lowest BCUT2D eigenvalue weighted by Crippen LogP contribution is -2.28. The molecule has 0 aromatic heterocycles. The molecule has 1 fully saturated rings. The fourth-order valence-electron chi connectivity index (χ4n) is 1.25. The van der Waals surface area contributed by atoms with Crippen molar-refractivity contribution in [3.8, 4) is 0 Å². The second-order valence-corrected chi connectivity index (χ2v) is 2.69. The van der Waals surface area contributed by atoms with Crippen LogP contribution >= 0.6 is 0 Å². The molecule has 4 heteroatoms. The van der Waals surface area contributed by atoms with E-state index in [0.717, 1.165) is 12.8 Å². The summed E-state index contributed by atoms with van der Waals surface area (Å²) < 4.78 is 4.68. The first-order valence-corrected chi connectivity index (χ1v) is 3.66. The molecule has 1 atom stereocenters. The van der Waals surface area contributed by atoms with E-state index in [4.69, 9.17) is 5.73 Å². The lowest BCUT2D eigenvalue weighted by Gasteiger charge is -2.19. The van der Waals surface area contributed by atoms with E-state index in [2.05, 4.69) is 4.74 Å². The minimum Gasteiger partial charge on any atom is -0.446 e. The van der Waals surface area contributed by atoms with Crippen LogP contribution < -0.4 is 5.73 Å². The largest absolute Gasteiger partial charge is 0.446 e. The first kappa shape index (κ1) is 8.04. The van der Waals surface area contributed by atoms with E-state index >= 15 is 0 Å². The fraction of sp³-hybridized carbons (Fsp3) is 0.714. The molecule has 1 saturated carbocycles. The number of Topliss-reactive ketones (excluding diaryl/α,β-unsaturated/α-hetero) is 1. The molecule has 1 rings (SSSR count). The molecule has 2 N–H and O–H groups in total. The SMILES string of the molecule is NC(=O)O[C@H]1CCCC(=O)C1. The Labute approximate surface area is 64.7 Å². The van der Waals surface area contributed by atoms with E-state index in [9.17, 15) is 9.59 Å². The third-order valence-corrected chi connectivity index (χ3v) is 1.72. The van der Waals surface area contributed by atoms with Gasteiger partial charge in [0.1, 0.15) is 11.9 Å². The van der Waals surface area contributed by atoms with E-state index in [0.29, 0.717) is 12.8 Å². The number of hydrogen-bond donors (Lipinski definition) is 1. The summed E-state index contributed by atoms with van der Waals surface area (Å²) in [6.45, 7) is 0. The Hall–Kier alpha value is -1.06. The van der Waals surface area contributed by atoms with Gasteiger partial charge in [0.15, 0.2) is 0 Å². The summed E-state index contributed by atoms with van der Waals surface area (Å²) >= 11 is 0.